The first-order valence-corrected chi connectivity index (χ1v) is 4.06. The van der Waals surface area contributed by atoms with Crippen LogP contribution in [0.5, 0.6) is 0 Å². The van der Waals surface area contributed by atoms with Crippen molar-refractivity contribution in [2.75, 3.05) is 0 Å². The molecule has 0 aliphatic rings. The lowest BCUT2D eigenvalue weighted by Gasteiger charge is -2.04. The van der Waals surface area contributed by atoms with E-state index in [1.165, 1.54) is 18.3 Å². The van der Waals surface area contributed by atoms with E-state index in [1.54, 1.807) is 0 Å². The number of fused-ring (bicyclic) bond motifs is 1. The highest BCUT2D eigenvalue weighted by molar-refractivity contribution is 6.30. The Balaban J connectivity index is 2.73. The molecule has 0 saturated carbocycles. The molecule has 0 aliphatic carbocycles. The summed E-state index contributed by atoms with van der Waals surface area (Å²) in [4.78, 5) is 3.29. The third-order valence-electron chi connectivity index (χ3n) is 1.74. The highest BCUT2D eigenvalue weighted by Crippen LogP contribution is 2.29. The molecule has 0 N–H and O–H groups in total. The molecule has 14 heavy (non-hydrogen) atoms. The van der Waals surface area contributed by atoms with Gasteiger partial charge in [-0.3, -0.25) is 4.40 Å². The predicted molar refractivity (Wildman–Crippen MR) is 45.2 cm³/mol. The van der Waals surface area contributed by atoms with Gasteiger partial charge in [-0.15, -0.1) is 0 Å². The van der Waals surface area contributed by atoms with Gasteiger partial charge < -0.3 is 0 Å². The second-order valence-electron chi connectivity index (χ2n) is 2.72. The van der Waals surface area contributed by atoms with Crippen molar-refractivity contribution in [3.63, 3.8) is 0 Å². The Morgan fingerprint density at radius 3 is 2.64 bits per heavy atom. The van der Waals surface area contributed by atoms with Crippen LogP contribution in [0.2, 0.25) is 5.02 Å². The number of aromatic nitrogens is 2. The van der Waals surface area contributed by atoms with Gasteiger partial charge in [0.25, 0.3) is 0 Å². The van der Waals surface area contributed by atoms with E-state index < -0.39 is 12.0 Å². The lowest BCUT2D eigenvalue weighted by Crippen LogP contribution is -2.10. The average Bonchev–Trinajstić information content (AvgIpc) is 2.45. The van der Waals surface area contributed by atoms with Crippen LogP contribution in [-0.4, -0.2) is 9.38 Å². The van der Waals surface area contributed by atoms with E-state index in [1.807, 2.05) is 0 Å². The molecule has 2 heterocycles. The molecule has 0 unspecified atom stereocenters. The van der Waals surface area contributed by atoms with E-state index in [2.05, 4.69) is 4.98 Å². The maximum Gasteiger partial charge on any atom is 0.450 e. The summed E-state index contributed by atoms with van der Waals surface area (Å²) in [6, 6.07) is 2.99. The topological polar surface area (TPSA) is 17.3 Å². The number of hydrogen-bond donors (Lipinski definition) is 0. The Morgan fingerprint density at radius 2 is 2.00 bits per heavy atom. The maximum atomic E-state index is 12.4. The van der Waals surface area contributed by atoms with Crippen LogP contribution < -0.4 is 0 Å². The van der Waals surface area contributed by atoms with Crippen molar-refractivity contribution < 1.29 is 13.2 Å². The molecule has 0 fully saturated rings. The second kappa shape index (κ2) is 2.88. The zero-order chi connectivity index (χ0) is 10.3. The highest BCUT2D eigenvalue weighted by Gasteiger charge is 2.35. The maximum absolute atomic E-state index is 12.4. The monoisotopic (exact) mass is 220 g/mol. The number of nitrogens with zero attached hydrogens (tertiary/aromatic N) is 2. The molecule has 0 aliphatic heterocycles. The fourth-order valence-electron chi connectivity index (χ4n) is 1.17. The van der Waals surface area contributed by atoms with Gasteiger partial charge in [0.2, 0.25) is 5.82 Å². The van der Waals surface area contributed by atoms with Gasteiger partial charge in [0.05, 0.1) is 16.7 Å². The molecule has 0 saturated heterocycles. The summed E-state index contributed by atoms with van der Waals surface area (Å²) in [5, 5.41) is 0.237. The third-order valence-corrected chi connectivity index (χ3v) is 1.97. The molecule has 0 amide bonds. The molecule has 0 aromatic carbocycles. The number of pyridine rings is 1. The standard InChI is InChI=1S/C8H4ClF3N2/c9-5-1-2-6-3-13-7(8(10,11)12)14(6)4-5/h1-4H. The number of hydrogen-bond acceptors (Lipinski definition) is 1. The fraction of sp³-hybridized carbons (Fsp3) is 0.125. The summed E-state index contributed by atoms with van der Waals surface area (Å²) in [5.41, 5.74) is 0.363. The van der Waals surface area contributed by atoms with E-state index in [9.17, 15) is 13.2 Å². The van der Waals surface area contributed by atoms with E-state index in [0.717, 1.165) is 10.6 Å². The molecule has 6 heteroatoms. The summed E-state index contributed by atoms with van der Waals surface area (Å²) < 4.78 is 38.0. The van der Waals surface area contributed by atoms with Crippen LogP contribution in [0.1, 0.15) is 5.82 Å². The molecule has 2 aromatic heterocycles. The highest BCUT2D eigenvalue weighted by atomic mass is 35.5. The zero-order valence-corrected chi connectivity index (χ0v) is 7.47. The summed E-state index contributed by atoms with van der Waals surface area (Å²) in [6.45, 7) is 0. The van der Waals surface area contributed by atoms with Gasteiger partial charge in [-0.2, -0.15) is 13.2 Å². The minimum atomic E-state index is -4.46. The van der Waals surface area contributed by atoms with Crippen molar-refractivity contribution >= 4 is 17.1 Å². The third kappa shape index (κ3) is 1.43. The van der Waals surface area contributed by atoms with Gasteiger partial charge in [0, 0.05) is 6.20 Å². The predicted octanol–water partition coefficient (Wildman–Crippen LogP) is 3.01. The summed E-state index contributed by atoms with van der Waals surface area (Å²) in [5.74, 6) is -0.963. The molecule has 0 atom stereocenters. The average molecular weight is 221 g/mol. The van der Waals surface area contributed by atoms with Gasteiger partial charge in [-0.25, -0.2) is 4.98 Å². The fourth-order valence-corrected chi connectivity index (χ4v) is 1.33. The number of rotatable bonds is 0. The van der Waals surface area contributed by atoms with Crippen LogP contribution in [-0.2, 0) is 6.18 Å². The zero-order valence-electron chi connectivity index (χ0n) is 6.72. The lowest BCUT2D eigenvalue weighted by molar-refractivity contribution is -0.145. The summed E-state index contributed by atoms with van der Waals surface area (Å²) >= 11 is 5.58. The molecular formula is C8H4ClF3N2. The Kier molecular flexibility index (Phi) is 1.92. The van der Waals surface area contributed by atoms with Gasteiger partial charge in [-0.1, -0.05) is 11.6 Å². The van der Waals surface area contributed by atoms with Gasteiger partial charge in [0.15, 0.2) is 0 Å². The molecule has 2 nitrogen and oxygen atoms in total. The minimum Gasteiger partial charge on any atom is -0.295 e. The van der Waals surface area contributed by atoms with Crippen LogP contribution in [0, 0.1) is 0 Å². The normalized spacial score (nSPS) is 12.3. The number of alkyl halides is 3. The molecule has 0 spiro atoms. The van der Waals surface area contributed by atoms with E-state index in [0.29, 0.717) is 5.52 Å². The molecule has 0 radical (unpaired) electrons. The van der Waals surface area contributed by atoms with Crippen LogP contribution in [0.4, 0.5) is 13.2 Å². The van der Waals surface area contributed by atoms with Crippen molar-refractivity contribution in [3.05, 3.63) is 35.4 Å². The van der Waals surface area contributed by atoms with Crippen molar-refractivity contribution in [2.45, 2.75) is 6.18 Å². The Hall–Kier alpha value is -1.23. The van der Waals surface area contributed by atoms with Gasteiger partial charge in [0.1, 0.15) is 0 Å². The summed E-state index contributed by atoms with van der Waals surface area (Å²) in [7, 11) is 0. The van der Waals surface area contributed by atoms with E-state index in [-0.39, 0.29) is 5.02 Å². The smallest absolute Gasteiger partial charge is 0.295 e. The van der Waals surface area contributed by atoms with E-state index >= 15 is 0 Å². The first-order chi connectivity index (χ1) is 6.48. The Labute approximate surface area is 81.9 Å². The largest absolute Gasteiger partial charge is 0.450 e. The molecule has 2 rings (SSSR count). The number of halogens is 4. The Bertz CT molecular complexity index is 475. The van der Waals surface area contributed by atoms with Gasteiger partial charge in [-0.05, 0) is 12.1 Å². The Morgan fingerprint density at radius 1 is 1.29 bits per heavy atom. The van der Waals surface area contributed by atoms with E-state index in [4.69, 9.17) is 11.6 Å². The molecule has 0 bridgehead atoms. The molecule has 2 aromatic rings. The van der Waals surface area contributed by atoms with Crippen molar-refractivity contribution in [1.29, 1.82) is 0 Å². The molecule has 74 valence electrons. The lowest BCUT2D eigenvalue weighted by atomic mass is 10.4. The summed E-state index contributed by atoms with van der Waals surface area (Å²) in [6.07, 6.45) is -2.12. The molecular weight excluding hydrogens is 217 g/mol. The van der Waals surface area contributed by atoms with Crippen LogP contribution in [0.3, 0.4) is 0 Å². The van der Waals surface area contributed by atoms with Crippen LogP contribution in [0.25, 0.3) is 5.52 Å². The first-order valence-electron chi connectivity index (χ1n) is 3.68. The SMILES string of the molecule is FC(F)(F)c1ncc2ccc(Cl)cn12. The van der Waals surface area contributed by atoms with Gasteiger partial charge >= 0.3 is 6.18 Å². The first kappa shape index (κ1) is 9.33. The minimum absolute atomic E-state index is 0.237. The van der Waals surface area contributed by atoms with Crippen LogP contribution in [0.15, 0.2) is 24.5 Å². The van der Waals surface area contributed by atoms with Crippen molar-refractivity contribution in [2.24, 2.45) is 0 Å². The van der Waals surface area contributed by atoms with Crippen molar-refractivity contribution in [1.82, 2.24) is 9.38 Å². The number of imidazole rings is 1. The van der Waals surface area contributed by atoms with Crippen LogP contribution >= 0.6 is 11.6 Å². The quantitative estimate of drug-likeness (QED) is 0.667. The van der Waals surface area contributed by atoms with Crippen molar-refractivity contribution in [3.8, 4) is 0 Å². The second-order valence-corrected chi connectivity index (χ2v) is 3.16.